The van der Waals surface area contributed by atoms with E-state index in [1.807, 2.05) is 0 Å². The van der Waals surface area contributed by atoms with E-state index in [9.17, 15) is 14.4 Å². The molecule has 0 radical (unpaired) electrons. The highest BCUT2D eigenvalue weighted by Gasteiger charge is 2.64. The van der Waals surface area contributed by atoms with Gasteiger partial charge >= 0.3 is 5.69 Å². The molecule has 3 aromatic rings. The van der Waals surface area contributed by atoms with Gasteiger partial charge < -0.3 is 33.7 Å². The van der Waals surface area contributed by atoms with Crippen molar-refractivity contribution in [2.75, 3.05) is 33.4 Å². The number of hydrogen-bond donors (Lipinski definition) is 1. The van der Waals surface area contributed by atoms with Crippen LogP contribution < -0.4 is 45.0 Å². The van der Waals surface area contributed by atoms with Gasteiger partial charge in [0.05, 0.1) is 26.9 Å². The van der Waals surface area contributed by atoms with E-state index in [1.165, 1.54) is 46.1 Å². The van der Waals surface area contributed by atoms with Crippen LogP contribution in [0.2, 0.25) is 5.02 Å². The molecule has 2 aromatic carbocycles. The molecule has 14 heteroatoms. The zero-order valence-corrected chi connectivity index (χ0v) is 25.9. The van der Waals surface area contributed by atoms with Crippen LogP contribution in [0.15, 0.2) is 39.1 Å². The maximum atomic E-state index is 15.0. The lowest BCUT2D eigenvalue weighted by molar-refractivity contribution is -0.130. The monoisotopic (exact) mass is 637 g/mol. The zero-order chi connectivity index (χ0) is 32.1. The van der Waals surface area contributed by atoms with Crippen LogP contribution in [0.25, 0.3) is 0 Å². The number of methoxy groups -OCH3 is 3. The van der Waals surface area contributed by atoms with Gasteiger partial charge in [-0.05, 0) is 24.1 Å². The van der Waals surface area contributed by atoms with Crippen molar-refractivity contribution >= 4 is 29.0 Å². The van der Waals surface area contributed by atoms with Crippen molar-refractivity contribution in [3.63, 3.8) is 0 Å². The van der Waals surface area contributed by atoms with Crippen molar-refractivity contribution in [3.05, 3.63) is 72.0 Å². The van der Waals surface area contributed by atoms with E-state index in [1.54, 1.807) is 19.1 Å². The number of aromatic nitrogens is 2. The van der Waals surface area contributed by atoms with E-state index in [2.05, 4.69) is 5.32 Å². The van der Waals surface area contributed by atoms with Gasteiger partial charge in [0.2, 0.25) is 29.7 Å². The Kier molecular flexibility index (Phi) is 6.28. The number of ketones is 2. The molecule has 234 valence electrons. The van der Waals surface area contributed by atoms with Crippen molar-refractivity contribution in [1.82, 2.24) is 9.13 Å². The first-order chi connectivity index (χ1) is 21.5. The van der Waals surface area contributed by atoms with Crippen LogP contribution in [0.5, 0.6) is 34.5 Å². The van der Waals surface area contributed by atoms with Gasteiger partial charge in [-0.25, -0.2) is 4.79 Å². The molecule has 1 N–H and O–H groups in total. The summed E-state index contributed by atoms with van der Waals surface area (Å²) in [6, 6.07) is 4.78. The number of carbonyl (C=O) groups excluding carboxylic acids is 2. The molecule has 0 saturated heterocycles. The fraction of sp³-hybridized carbons (Fsp3) is 0.355. The van der Waals surface area contributed by atoms with Crippen molar-refractivity contribution in [2.45, 2.75) is 24.9 Å². The number of halogens is 1. The first-order valence-electron chi connectivity index (χ1n) is 14.0. The van der Waals surface area contributed by atoms with Gasteiger partial charge in [-0.3, -0.25) is 23.5 Å². The van der Waals surface area contributed by atoms with Crippen LogP contribution in [0.1, 0.15) is 40.7 Å². The molecule has 1 aliphatic carbocycles. The minimum absolute atomic E-state index is 0.0198. The predicted molar refractivity (Wildman–Crippen MR) is 160 cm³/mol. The molecule has 0 amide bonds. The highest BCUT2D eigenvalue weighted by atomic mass is 35.5. The number of anilines is 1. The number of hydrogen-bond acceptors (Lipinski definition) is 11. The lowest BCUT2D eigenvalue weighted by atomic mass is 9.66. The zero-order valence-electron chi connectivity index (χ0n) is 25.2. The number of allylic oxidation sites excluding steroid dienone is 1. The summed E-state index contributed by atoms with van der Waals surface area (Å²) < 4.78 is 36.4. The van der Waals surface area contributed by atoms with Gasteiger partial charge in [0.1, 0.15) is 27.9 Å². The lowest BCUT2D eigenvalue weighted by Crippen LogP contribution is -2.58. The molecular weight excluding hydrogens is 610 g/mol. The van der Waals surface area contributed by atoms with E-state index in [-0.39, 0.29) is 58.0 Å². The topological polar surface area (TPSA) is 146 Å². The molecule has 4 aliphatic rings. The summed E-state index contributed by atoms with van der Waals surface area (Å²) in [4.78, 5) is 56.4. The largest absolute Gasteiger partial charge is 0.496 e. The number of carbonyl (C=O) groups is 2. The van der Waals surface area contributed by atoms with Crippen LogP contribution in [-0.4, -0.2) is 54.4 Å². The molecule has 3 atom stereocenters. The van der Waals surface area contributed by atoms with E-state index < -0.39 is 40.3 Å². The molecule has 13 nitrogen and oxygen atoms in total. The van der Waals surface area contributed by atoms with Crippen molar-refractivity contribution in [3.8, 4) is 34.5 Å². The number of fused-ring (bicyclic) bond motifs is 3. The van der Waals surface area contributed by atoms with Crippen LogP contribution >= 0.6 is 11.6 Å². The van der Waals surface area contributed by atoms with Gasteiger partial charge in [-0.1, -0.05) is 18.5 Å². The quantitative estimate of drug-likeness (QED) is 0.422. The maximum Gasteiger partial charge on any atom is 0.332 e. The van der Waals surface area contributed by atoms with E-state index in [0.717, 1.165) is 4.57 Å². The normalized spacial score (nSPS) is 22.5. The lowest BCUT2D eigenvalue weighted by Gasteiger charge is -2.42. The van der Waals surface area contributed by atoms with Crippen LogP contribution in [0.3, 0.4) is 0 Å². The summed E-state index contributed by atoms with van der Waals surface area (Å²) in [5.74, 6) is -1.45. The number of nitrogens with zero attached hydrogens (tertiary/aromatic N) is 2. The van der Waals surface area contributed by atoms with E-state index in [4.69, 9.17) is 40.0 Å². The standard InChI is InChI=1S/C31H28ClN3O10/c1-12-7-14-20(26(36)31(12)27(37)21-15(40-4)10-16(41-5)23(32)25(21)45-31)19(13-8-17(42-6)24-18(9-13)43-11-44-24)22-28(33-14)34(2)30(39)35(3)29(22)38/h8-10,12,19,33H,7,11H2,1-6H3. The third kappa shape index (κ3) is 3.61. The SMILES string of the molecule is COc1cc(OC)c2c(c1Cl)OC1(C(=O)C3=C(CC1C)Nc1c(c(=O)n(C)c(=O)n1C)C3c1cc(OC)c3c(c1)OCO3)C2=O. The third-order valence-corrected chi connectivity index (χ3v) is 9.45. The number of ether oxygens (including phenoxy) is 6. The predicted octanol–water partition coefficient (Wildman–Crippen LogP) is 2.93. The summed E-state index contributed by atoms with van der Waals surface area (Å²) in [5.41, 5.74) is -2.04. The third-order valence-electron chi connectivity index (χ3n) is 9.09. The second-order valence-corrected chi connectivity index (χ2v) is 11.7. The van der Waals surface area contributed by atoms with Crippen LogP contribution in [0.4, 0.5) is 5.82 Å². The Hall–Kier alpha value is -4.91. The Labute approximate surface area is 260 Å². The Bertz CT molecular complexity index is 2030. The smallest absolute Gasteiger partial charge is 0.332 e. The molecule has 0 fully saturated rings. The summed E-state index contributed by atoms with van der Waals surface area (Å²) in [7, 11) is 7.16. The minimum atomic E-state index is -2.03. The average molecular weight is 638 g/mol. The summed E-state index contributed by atoms with van der Waals surface area (Å²) in [6.45, 7) is 1.68. The first kappa shape index (κ1) is 28.8. The second kappa shape index (κ2) is 9.80. The molecular formula is C31H28ClN3O10. The van der Waals surface area contributed by atoms with Gasteiger partial charge in [0.25, 0.3) is 5.56 Å². The molecule has 0 bridgehead atoms. The van der Waals surface area contributed by atoms with E-state index in [0.29, 0.717) is 28.5 Å². The number of benzene rings is 2. The van der Waals surface area contributed by atoms with Crippen LogP contribution in [-0.2, 0) is 18.9 Å². The molecule has 1 aromatic heterocycles. The van der Waals surface area contributed by atoms with Gasteiger partial charge in [0, 0.05) is 43.3 Å². The molecule has 0 saturated carbocycles. The Morgan fingerprint density at radius 3 is 2.31 bits per heavy atom. The highest BCUT2D eigenvalue weighted by Crippen LogP contribution is 2.57. The fourth-order valence-corrected chi connectivity index (χ4v) is 7.10. The summed E-state index contributed by atoms with van der Waals surface area (Å²) in [6.07, 6.45) is 0.152. The number of rotatable bonds is 4. The summed E-state index contributed by atoms with van der Waals surface area (Å²) >= 11 is 6.62. The first-order valence-corrected chi connectivity index (χ1v) is 14.4. The molecule has 3 aliphatic heterocycles. The summed E-state index contributed by atoms with van der Waals surface area (Å²) in [5, 5.41) is 3.22. The Balaban J connectivity index is 1.50. The van der Waals surface area contributed by atoms with Gasteiger partial charge in [0.15, 0.2) is 17.2 Å². The Morgan fingerprint density at radius 1 is 0.911 bits per heavy atom. The van der Waals surface area contributed by atoms with Crippen molar-refractivity contribution in [1.29, 1.82) is 0 Å². The van der Waals surface area contributed by atoms with Gasteiger partial charge in [-0.15, -0.1) is 0 Å². The number of nitrogens with one attached hydrogen (secondary N) is 1. The average Bonchev–Trinajstić information content (AvgIpc) is 3.64. The molecule has 3 unspecified atom stereocenters. The molecule has 7 rings (SSSR count). The molecule has 1 spiro atoms. The van der Waals surface area contributed by atoms with Gasteiger partial charge in [-0.2, -0.15) is 0 Å². The maximum absolute atomic E-state index is 15.0. The fourth-order valence-electron chi connectivity index (χ4n) is 6.84. The van der Waals surface area contributed by atoms with Crippen LogP contribution in [0, 0.1) is 5.92 Å². The highest BCUT2D eigenvalue weighted by molar-refractivity contribution is 6.36. The molecule has 45 heavy (non-hydrogen) atoms. The second-order valence-electron chi connectivity index (χ2n) is 11.3. The van der Waals surface area contributed by atoms with E-state index >= 15 is 4.79 Å². The molecule has 4 heterocycles. The Morgan fingerprint density at radius 2 is 1.62 bits per heavy atom. The van der Waals surface area contributed by atoms with Crippen molar-refractivity contribution < 1.29 is 38.0 Å². The number of Topliss-reactive ketones (excluding diaryl/α,β-unsaturated/α-hetero) is 2. The van der Waals surface area contributed by atoms with Crippen molar-refractivity contribution in [2.24, 2.45) is 20.0 Å². The minimum Gasteiger partial charge on any atom is -0.496 e.